The average Bonchev–Trinajstić information content (AvgIpc) is 3.54. The molecule has 2 N–H and O–H groups in total. The van der Waals surface area contributed by atoms with Gasteiger partial charge in [-0.05, 0) is 108 Å². The van der Waals surface area contributed by atoms with Gasteiger partial charge in [-0.1, -0.05) is 12.1 Å². The molecule has 2 fully saturated rings. The van der Waals surface area contributed by atoms with Crippen molar-refractivity contribution in [3.8, 4) is 0 Å². The predicted octanol–water partition coefficient (Wildman–Crippen LogP) is 5.12. The number of ketones is 1. The summed E-state index contributed by atoms with van der Waals surface area (Å²) in [4.78, 5) is 30.0. The molecule has 8 nitrogen and oxygen atoms in total. The number of carbonyl (C=O) groups is 2. The number of hydrogen-bond donors (Lipinski definition) is 2. The molecule has 2 heterocycles. The highest BCUT2D eigenvalue weighted by molar-refractivity contribution is 5.96. The van der Waals surface area contributed by atoms with Crippen LogP contribution in [-0.4, -0.2) is 57.4 Å². The molecule has 218 valence electrons. The molecular formula is C32H45N3O5. The highest BCUT2D eigenvalue weighted by atomic mass is 16.5. The van der Waals surface area contributed by atoms with Gasteiger partial charge in [-0.3, -0.25) is 14.9 Å². The van der Waals surface area contributed by atoms with Crippen molar-refractivity contribution in [2.75, 3.05) is 13.2 Å². The summed E-state index contributed by atoms with van der Waals surface area (Å²) in [5.74, 6) is 0.950. The first-order chi connectivity index (χ1) is 19.1. The van der Waals surface area contributed by atoms with Crippen molar-refractivity contribution in [1.82, 2.24) is 14.9 Å². The number of imidazole rings is 1. The van der Waals surface area contributed by atoms with Crippen LogP contribution in [0.4, 0.5) is 0 Å². The fourth-order valence-corrected chi connectivity index (χ4v) is 5.57. The molecule has 1 aromatic heterocycles. The van der Waals surface area contributed by atoms with E-state index < -0.39 is 17.6 Å². The molecular weight excluding hydrogens is 506 g/mol. The highest BCUT2D eigenvalue weighted by Crippen LogP contribution is 2.28. The first kappa shape index (κ1) is 30.2. The number of benzene rings is 1. The van der Waals surface area contributed by atoms with E-state index >= 15 is 0 Å². The molecule has 0 spiro atoms. The van der Waals surface area contributed by atoms with Gasteiger partial charge in [-0.15, -0.1) is 0 Å². The molecule has 8 heteroatoms. The van der Waals surface area contributed by atoms with E-state index in [-0.39, 0.29) is 11.9 Å². The van der Waals surface area contributed by atoms with E-state index in [1.54, 1.807) is 20.8 Å². The second-order valence-electron chi connectivity index (χ2n) is 11.9. The molecule has 40 heavy (non-hydrogen) atoms. The zero-order chi connectivity index (χ0) is 28.9. The number of nitrogens with one attached hydrogen (secondary N) is 1. The Balaban J connectivity index is 1.61. The minimum Gasteiger partial charge on any atom is -0.461 e. The lowest BCUT2D eigenvalue weighted by Crippen LogP contribution is -2.53. The number of esters is 1. The second kappa shape index (κ2) is 13.2. The highest BCUT2D eigenvalue weighted by Gasteiger charge is 2.36. The maximum absolute atomic E-state index is 13.0. The Hall–Kier alpha value is -2.81. The summed E-state index contributed by atoms with van der Waals surface area (Å²) in [6, 6.07) is 5.30. The zero-order valence-electron chi connectivity index (χ0n) is 24.7. The maximum Gasteiger partial charge on any atom is 0.326 e. The van der Waals surface area contributed by atoms with Crippen molar-refractivity contribution in [2.24, 2.45) is 5.92 Å². The van der Waals surface area contributed by atoms with Crippen LogP contribution in [0.15, 0.2) is 35.9 Å². The van der Waals surface area contributed by atoms with Gasteiger partial charge < -0.3 is 19.1 Å². The Morgan fingerprint density at radius 1 is 1.20 bits per heavy atom. The summed E-state index contributed by atoms with van der Waals surface area (Å²) in [5.41, 5.74) is 3.15. The van der Waals surface area contributed by atoms with Gasteiger partial charge in [0.25, 0.3) is 0 Å². The van der Waals surface area contributed by atoms with Crippen molar-refractivity contribution in [2.45, 2.75) is 104 Å². The van der Waals surface area contributed by atoms with Crippen molar-refractivity contribution < 1.29 is 24.2 Å². The van der Waals surface area contributed by atoms with Crippen LogP contribution in [0.5, 0.6) is 0 Å². The SMILES string of the molecule is C/C=C(\C=C(\C)C(C)=O)c1nc2cc(CNC(C(=O)OC3CCCC3)C(C)(C)O)ccc2n1CC1CCOCC1. The second-order valence-corrected chi connectivity index (χ2v) is 11.9. The van der Waals surface area contributed by atoms with E-state index in [1.807, 2.05) is 38.1 Å². The number of carbonyl (C=O) groups excluding carboxylic acids is 2. The van der Waals surface area contributed by atoms with Crippen LogP contribution in [-0.2, 0) is 32.2 Å². The number of hydrogen-bond acceptors (Lipinski definition) is 7. The molecule has 2 aliphatic rings. The lowest BCUT2D eigenvalue weighted by molar-refractivity contribution is -0.157. The summed E-state index contributed by atoms with van der Waals surface area (Å²) in [7, 11) is 0. The maximum atomic E-state index is 13.0. The van der Waals surface area contributed by atoms with Crippen LogP contribution in [0.2, 0.25) is 0 Å². The minimum absolute atomic E-state index is 0.0348. The Morgan fingerprint density at radius 3 is 2.52 bits per heavy atom. The van der Waals surface area contributed by atoms with Crippen molar-refractivity contribution in [3.05, 3.63) is 47.3 Å². The standard InChI is InChI=1S/C32H45N3O5/c1-6-25(17-21(2)22(3)36)30-34-27-18-24(11-12-28(27)35(30)20-23-13-15-39-16-14-23)19-33-29(32(4,5)38)31(37)40-26-9-7-8-10-26/h6,11-12,17-18,23,26,29,33,38H,7-10,13-16,19-20H2,1-5H3/b21-17-,25-6+. The fourth-order valence-electron chi connectivity index (χ4n) is 5.57. The lowest BCUT2D eigenvalue weighted by atomic mass is 9.98. The van der Waals surface area contributed by atoms with Crippen LogP contribution in [0.3, 0.4) is 0 Å². The third kappa shape index (κ3) is 7.47. The van der Waals surface area contributed by atoms with Gasteiger partial charge >= 0.3 is 5.97 Å². The van der Waals surface area contributed by atoms with E-state index in [9.17, 15) is 14.7 Å². The van der Waals surface area contributed by atoms with Gasteiger partial charge in [0.05, 0.1) is 16.6 Å². The molecule has 0 amide bonds. The number of fused-ring (bicyclic) bond motifs is 1. The fraction of sp³-hybridized carbons (Fsp3) is 0.594. The van der Waals surface area contributed by atoms with E-state index in [4.69, 9.17) is 14.5 Å². The number of aromatic nitrogens is 2. The van der Waals surface area contributed by atoms with E-state index in [2.05, 4.69) is 16.0 Å². The Kier molecular flexibility index (Phi) is 9.98. The van der Waals surface area contributed by atoms with Crippen molar-refractivity contribution in [3.63, 3.8) is 0 Å². The minimum atomic E-state index is -1.28. The van der Waals surface area contributed by atoms with Gasteiger partial charge in [0.15, 0.2) is 5.78 Å². The molecule has 1 atom stereocenters. The van der Waals surface area contributed by atoms with Crippen LogP contribution in [0.25, 0.3) is 16.6 Å². The zero-order valence-corrected chi connectivity index (χ0v) is 24.7. The monoisotopic (exact) mass is 551 g/mol. The Labute approximate surface area is 237 Å². The summed E-state index contributed by atoms with van der Waals surface area (Å²) in [6.45, 7) is 11.4. The van der Waals surface area contributed by atoms with E-state index in [1.165, 1.54) is 0 Å². The van der Waals surface area contributed by atoms with Gasteiger partial charge in [0, 0.05) is 31.9 Å². The molecule has 1 saturated carbocycles. The third-order valence-electron chi connectivity index (χ3n) is 8.13. The van der Waals surface area contributed by atoms with Crippen LogP contribution in [0, 0.1) is 5.92 Å². The van der Waals surface area contributed by atoms with Crippen LogP contribution >= 0.6 is 0 Å². The largest absolute Gasteiger partial charge is 0.461 e. The Bertz CT molecular complexity index is 1260. The number of ether oxygens (including phenoxy) is 2. The molecule has 4 rings (SSSR count). The predicted molar refractivity (Wildman–Crippen MR) is 157 cm³/mol. The van der Waals surface area contributed by atoms with Gasteiger partial charge in [0.1, 0.15) is 18.0 Å². The number of rotatable bonds is 11. The smallest absolute Gasteiger partial charge is 0.326 e. The Morgan fingerprint density at radius 2 is 1.90 bits per heavy atom. The number of aliphatic hydroxyl groups is 1. The lowest BCUT2D eigenvalue weighted by Gasteiger charge is -2.29. The summed E-state index contributed by atoms with van der Waals surface area (Å²) in [6.07, 6.45) is 9.77. The van der Waals surface area contributed by atoms with Gasteiger partial charge in [-0.25, -0.2) is 4.98 Å². The molecule has 2 aromatic rings. The van der Waals surface area contributed by atoms with E-state index in [0.717, 1.165) is 86.3 Å². The molecule has 1 aliphatic heterocycles. The molecule has 1 aliphatic carbocycles. The molecule has 0 radical (unpaired) electrons. The van der Waals surface area contributed by atoms with E-state index in [0.29, 0.717) is 18.0 Å². The van der Waals surface area contributed by atoms with Crippen molar-refractivity contribution >= 4 is 28.4 Å². The number of nitrogens with zero attached hydrogens (tertiary/aromatic N) is 2. The first-order valence-corrected chi connectivity index (χ1v) is 14.7. The van der Waals surface area contributed by atoms with Crippen LogP contribution < -0.4 is 5.32 Å². The molecule has 1 unspecified atom stereocenters. The summed E-state index contributed by atoms with van der Waals surface area (Å²) < 4.78 is 13.6. The van der Waals surface area contributed by atoms with Crippen LogP contribution in [0.1, 0.15) is 84.5 Å². The number of allylic oxidation sites excluding steroid dienone is 4. The first-order valence-electron chi connectivity index (χ1n) is 14.7. The normalized spacial score (nSPS) is 18.9. The molecule has 1 saturated heterocycles. The quantitative estimate of drug-likeness (QED) is 0.227. The summed E-state index contributed by atoms with van der Waals surface area (Å²) >= 11 is 0. The average molecular weight is 552 g/mol. The van der Waals surface area contributed by atoms with Crippen molar-refractivity contribution in [1.29, 1.82) is 0 Å². The number of Topliss-reactive ketones (excluding diaryl/α,β-unsaturated/α-hetero) is 1. The third-order valence-corrected chi connectivity index (χ3v) is 8.13. The molecule has 1 aromatic carbocycles. The topological polar surface area (TPSA) is 103 Å². The van der Waals surface area contributed by atoms with Gasteiger partial charge in [-0.2, -0.15) is 0 Å². The molecule has 0 bridgehead atoms. The van der Waals surface area contributed by atoms with Gasteiger partial charge in [0.2, 0.25) is 0 Å². The summed E-state index contributed by atoms with van der Waals surface area (Å²) in [5, 5.41) is 14.0.